The lowest BCUT2D eigenvalue weighted by molar-refractivity contribution is -0.141. The lowest BCUT2D eigenvalue weighted by atomic mass is 9.48. The Balaban J connectivity index is 1.35. The molecule has 3 nitrogen and oxygen atoms in total. The third kappa shape index (κ3) is 2.69. The number of para-hydroxylation sites is 2. The molecule has 1 aromatic carbocycles. The van der Waals surface area contributed by atoms with E-state index in [1.54, 1.807) is 11.8 Å². The molecule has 4 aliphatic carbocycles. The summed E-state index contributed by atoms with van der Waals surface area (Å²) >= 11 is 1.60. The van der Waals surface area contributed by atoms with Crippen LogP contribution in [0.25, 0.3) is 11.0 Å². The number of fused-ring (bicyclic) bond motifs is 1. The zero-order valence-corrected chi connectivity index (χ0v) is 15.5. The zero-order valence-electron chi connectivity index (χ0n) is 14.7. The van der Waals surface area contributed by atoms with E-state index in [2.05, 4.69) is 4.98 Å². The first-order chi connectivity index (χ1) is 12.1. The number of carbonyl (C=O) groups is 1. The fourth-order valence-electron chi connectivity index (χ4n) is 5.95. The van der Waals surface area contributed by atoms with Crippen molar-refractivity contribution in [3.05, 3.63) is 30.0 Å². The maximum absolute atomic E-state index is 13.2. The smallest absolute Gasteiger partial charge is 0.149 e. The number of carbonyl (C=O) groups excluding carboxylic acids is 1. The molecular formula is C21H24N2OS. The fraction of sp³-hybridized carbons (Fsp3) is 0.571. The molecule has 0 saturated heterocycles. The minimum Gasteiger partial charge on any atom is -0.298 e. The molecule has 4 aliphatic rings. The van der Waals surface area contributed by atoms with Crippen molar-refractivity contribution < 1.29 is 4.79 Å². The van der Waals surface area contributed by atoms with Gasteiger partial charge in [0.05, 0.1) is 22.5 Å². The van der Waals surface area contributed by atoms with Crippen LogP contribution in [0.5, 0.6) is 0 Å². The molecule has 4 fully saturated rings. The predicted octanol–water partition coefficient (Wildman–Crippen LogP) is 4.82. The number of aryl methyl sites for hydroxylation is 1. The van der Waals surface area contributed by atoms with Gasteiger partial charge in [-0.15, -0.1) is 0 Å². The lowest BCUT2D eigenvalue weighted by Crippen LogP contribution is -2.50. The van der Waals surface area contributed by atoms with Crippen LogP contribution in [0.1, 0.15) is 44.2 Å². The Morgan fingerprint density at radius 3 is 2.20 bits per heavy atom. The van der Waals surface area contributed by atoms with E-state index in [-0.39, 0.29) is 5.41 Å². The van der Waals surface area contributed by atoms with E-state index in [0.29, 0.717) is 11.5 Å². The highest BCUT2D eigenvalue weighted by Gasteiger charge is 2.54. The van der Waals surface area contributed by atoms with E-state index in [1.807, 2.05) is 31.2 Å². The van der Waals surface area contributed by atoms with Crippen molar-refractivity contribution >= 4 is 28.6 Å². The van der Waals surface area contributed by atoms with Gasteiger partial charge in [-0.3, -0.25) is 4.79 Å². The largest absolute Gasteiger partial charge is 0.298 e. The predicted molar refractivity (Wildman–Crippen MR) is 101 cm³/mol. The van der Waals surface area contributed by atoms with Crippen molar-refractivity contribution in [3.8, 4) is 0 Å². The molecule has 0 spiro atoms. The summed E-state index contributed by atoms with van der Waals surface area (Å²) in [6.45, 7) is 2.00. The number of thioether (sulfide) groups is 1. The van der Waals surface area contributed by atoms with Gasteiger partial charge in [-0.1, -0.05) is 23.9 Å². The van der Waals surface area contributed by atoms with Crippen LogP contribution >= 0.6 is 11.8 Å². The molecule has 0 aliphatic heterocycles. The Kier molecular flexibility index (Phi) is 3.67. The molecule has 2 aromatic rings. The SMILES string of the molecule is Cc1nc2ccccc2nc1SCC(=O)C12CC3CC(CC(C3)C1)C2. The molecule has 25 heavy (non-hydrogen) atoms. The van der Waals surface area contributed by atoms with Crippen LogP contribution < -0.4 is 0 Å². The van der Waals surface area contributed by atoms with Crippen LogP contribution in [0.2, 0.25) is 0 Å². The van der Waals surface area contributed by atoms with Gasteiger partial charge >= 0.3 is 0 Å². The summed E-state index contributed by atoms with van der Waals surface area (Å²) in [5.41, 5.74) is 2.77. The van der Waals surface area contributed by atoms with Gasteiger partial charge in [0, 0.05) is 5.41 Å². The first-order valence-electron chi connectivity index (χ1n) is 9.51. The average Bonchev–Trinajstić information content (AvgIpc) is 2.58. The summed E-state index contributed by atoms with van der Waals surface area (Å²) in [7, 11) is 0. The summed E-state index contributed by atoms with van der Waals surface area (Å²) in [4.78, 5) is 22.6. The van der Waals surface area contributed by atoms with Gasteiger partial charge in [0.2, 0.25) is 0 Å². The summed E-state index contributed by atoms with van der Waals surface area (Å²) < 4.78 is 0. The number of aromatic nitrogens is 2. The van der Waals surface area contributed by atoms with Gasteiger partial charge < -0.3 is 0 Å². The number of Topliss-reactive ketones (excluding diaryl/α,β-unsaturated/α-hetero) is 1. The Labute approximate surface area is 153 Å². The van der Waals surface area contributed by atoms with Crippen molar-refractivity contribution in [2.45, 2.75) is 50.5 Å². The molecule has 6 rings (SSSR count). The minimum absolute atomic E-state index is 0.0000678. The molecule has 0 amide bonds. The molecule has 4 saturated carbocycles. The molecule has 0 unspecified atom stereocenters. The number of ketones is 1. The number of hydrogen-bond donors (Lipinski definition) is 0. The quantitative estimate of drug-likeness (QED) is 0.740. The Hall–Kier alpha value is -1.42. The van der Waals surface area contributed by atoms with Crippen molar-refractivity contribution in [2.24, 2.45) is 23.2 Å². The topological polar surface area (TPSA) is 42.9 Å². The van der Waals surface area contributed by atoms with Gasteiger partial charge in [-0.25, -0.2) is 9.97 Å². The maximum Gasteiger partial charge on any atom is 0.149 e. The molecule has 0 atom stereocenters. The van der Waals surface area contributed by atoms with Crippen LogP contribution in [0.15, 0.2) is 29.3 Å². The minimum atomic E-state index is -0.0000678. The van der Waals surface area contributed by atoms with Gasteiger partial charge in [0.25, 0.3) is 0 Å². The average molecular weight is 353 g/mol. The Morgan fingerprint density at radius 2 is 1.60 bits per heavy atom. The highest BCUT2D eigenvalue weighted by atomic mass is 32.2. The molecule has 0 radical (unpaired) electrons. The summed E-state index contributed by atoms with van der Waals surface area (Å²) in [6, 6.07) is 7.96. The monoisotopic (exact) mass is 352 g/mol. The normalized spacial score (nSPS) is 33.1. The Morgan fingerprint density at radius 1 is 1.04 bits per heavy atom. The maximum atomic E-state index is 13.2. The number of hydrogen-bond acceptors (Lipinski definition) is 4. The number of benzene rings is 1. The van der Waals surface area contributed by atoms with Gasteiger partial charge in [-0.05, 0) is 75.3 Å². The van der Waals surface area contributed by atoms with E-state index in [0.717, 1.165) is 58.8 Å². The second kappa shape index (κ2) is 5.80. The molecule has 1 heterocycles. The van der Waals surface area contributed by atoms with Crippen molar-refractivity contribution in [3.63, 3.8) is 0 Å². The third-order valence-electron chi connectivity index (χ3n) is 6.67. The highest BCUT2D eigenvalue weighted by molar-refractivity contribution is 8.00. The molecule has 130 valence electrons. The molecule has 1 aromatic heterocycles. The van der Waals surface area contributed by atoms with Gasteiger partial charge in [0.15, 0.2) is 0 Å². The molecule has 4 bridgehead atoms. The van der Waals surface area contributed by atoms with E-state index in [9.17, 15) is 4.79 Å². The van der Waals surface area contributed by atoms with Crippen molar-refractivity contribution in [1.29, 1.82) is 0 Å². The fourth-order valence-corrected chi connectivity index (χ4v) is 6.94. The summed E-state index contributed by atoms with van der Waals surface area (Å²) in [5, 5.41) is 0.914. The second-order valence-electron chi connectivity index (χ2n) is 8.51. The first kappa shape index (κ1) is 15.8. The van der Waals surface area contributed by atoms with Crippen LogP contribution in [-0.2, 0) is 4.79 Å². The van der Waals surface area contributed by atoms with Gasteiger partial charge in [-0.2, -0.15) is 0 Å². The van der Waals surface area contributed by atoms with Crippen LogP contribution in [0.3, 0.4) is 0 Å². The standard InChI is InChI=1S/C21H24N2OS/c1-13-20(23-18-5-3-2-4-17(18)22-13)25-12-19(24)21-9-14-6-15(10-21)8-16(7-14)11-21/h2-5,14-16H,6-12H2,1H3. The Bertz CT molecular complexity index is 812. The first-order valence-corrected chi connectivity index (χ1v) is 10.5. The van der Waals surface area contributed by atoms with Gasteiger partial charge in [0.1, 0.15) is 10.8 Å². The summed E-state index contributed by atoms with van der Waals surface area (Å²) in [5.74, 6) is 3.50. The van der Waals surface area contributed by atoms with Crippen molar-refractivity contribution in [1.82, 2.24) is 9.97 Å². The third-order valence-corrected chi connectivity index (χ3v) is 7.74. The molecular weight excluding hydrogens is 328 g/mol. The molecule has 4 heteroatoms. The van der Waals surface area contributed by atoms with E-state index in [4.69, 9.17) is 4.98 Å². The summed E-state index contributed by atoms with van der Waals surface area (Å²) in [6.07, 6.45) is 7.61. The lowest BCUT2D eigenvalue weighted by Gasteiger charge is -2.56. The van der Waals surface area contributed by atoms with Crippen LogP contribution in [-0.4, -0.2) is 21.5 Å². The highest BCUT2D eigenvalue weighted by Crippen LogP contribution is 2.60. The van der Waals surface area contributed by atoms with Crippen LogP contribution in [0.4, 0.5) is 0 Å². The number of rotatable bonds is 4. The zero-order chi connectivity index (χ0) is 17.0. The number of nitrogens with zero attached hydrogens (tertiary/aromatic N) is 2. The van der Waals surface area contributed by atoms with Crippen molar-refractivity contribution in [2.75, 3.05) is 5.75 Å². The van der Waals surface area contributed by atoms with Crippen LogP contribution in [0, 0.1) is 30.1 Å². The van der Waals surface area contributed by atoms with E-state index < -0.39 is 0 Å². The van der Waals surface area contributed by atoms with E-state index in [1.165, 1.54) is 19.3 Å². The second-order valence-corrected chi connectivity index (χ2v) is 9.48. The molecule has 0 N–H and O–H groups in total. The van der Waals surface area contributed by atoms with E-state index >= 15 is 0 Å².